The molecule has 0 aliphatic carbocycles. The zero-order valence-electron chi connectivity index (χ0n) is 11.5. The summed E-state index contributed by atoms with van der Waals surface area (Å²) < 4.78 is 4.65. The Morgan fingerprint density at radius 2 is 1.33 bits per heavy atom. The fraction of sp³-hybridized carbons (Fsp3) is 0.800. The highest BCUT2D eigenvalue weighted by Gasteiger charge is 1.95. The predicted octanol–water partition coefficient (Wildman–Crippen LogP) is 5.84. The van der Waals surface area contributed by atoms with Crippen LogP contribution < -0.4 is 0 Å². The number of hydrogen-bond donors (Lipinski definition) is 0. The minimum Gasteiger partial charge on any atom is -0.454 e. The number of carbonyl (C=O) groups excluding carboxylic acids is 1. The van der Waals surface area contributed by atoms with Gasteiger partial charge in [0.15, 0.2) is 0 Å². The second kappa shape index (κ2) is 14.6. The van der Waals surface area contributed by atoms with Gasteiger partial charge in [0.25, 0.3) is 0 Å². The molecule has 0 N–H and O–H groups in total. The summed E-state index contributed by atoms with van der Waals surface area (Å²) in [5, 5.41) is 0. The lowest BCUT2D eigenvalue weighted by Gasteiger charge is -2.02. The van der Waals surface area contributed by atoms with Crippen molar-refractivity contribution in [3.63, 3.8) is 0 Å². The molecule has 0 aliphatic rings. The van der Waals surface area contributed by atoms with Crippen molar-refractivity contribution in [2.45, 2.75) is 70.6 Å². The normalized spacial score (nSPS) is 10.3. The van der Waals surface area contributed by atoms with Crippen LogP contribution in [0, 0.1) is 0 Å². The van der Waals surface area contributed by atoms with E-state index in [2.05, 4.69) is 11.3 Å². The van der Waals surface area contributed by atoms with Crippen LogP contribution in [0.2, 0.25) is 0 Å². The Labute approximate surface area is 117 Å². The number of hydrogen-bond acceptors (Lipinski definition) is 2. The lowest BCUT2D eigenvalue weighted by atomic mass is 10.1. The van der Waals surface area contributed by atoms with Gasteiger partial charge in [0, 0.05) is 11.6 Å². The molecule has 0 heterocycles. The molecule has 2 nitrogen and oxygen atoms in total. The van der Waals surface area contributed by atoms with E-state index < -0.39 is 5.43 Å². The lowest BCUT2D eigenvalue weighted by Crippen LogP contribution is -1.96. The number of ether oxygens (including phenoxy) is 1. The van der Waals surface area contributed by atoms with Crippen LogP contribution in [-0.2, 0) is 4.74 Å². The van der Waals surface area contributed by atoms with Gasteiger partial charge in [-0.05, 0) is 19.3 Å². The molecule has 0 aromatic rings. The fourth-order valence-electron chi connectivity index (χ4n) is 1.96. The van der Waals surface area contributed by atoms with Crippen LogP contribution in [0.4, 0.5) is 4.79 Å². The zero-order chi connectivity index (χ0) is 13.5. The Morgan fingerprint density at radius 1 is 0.889 bits per heavy atom. The molecule has 106 valence electrons. The van der Waals surface area contributed by atoms with E-state index in [4.69, 9.17) is 11.6 Å². The lowest BCUT2D eigenvalue weighted by molar-refractivity contribution is 0.170. The zero-order valence-corrected chi connectivity index (χ0v) is 12.2. The van der Waals surface area contributed by atoms with Gasteiger partial charge < -0.3 is 4.74 Å². The first-order valence-electron chi connectivity index (χ1n) is 7.20. The molecule has 0 fully saturated rings. The Hall–Kier alpha value is -0.500. The first-order valence-corrected chi connectivity index (χ1v) is 7.58. The molecule has 0 unspecified atom stereocenters. The number of unbranched alkanes of at least 4 members (excludes halogenated alkanes) is 10. The van der Waals surface area contributed by atoms with Crippen LogP contribution in [-0.4, -0.2) is 12.0 Å². The topological polar surface area (TPSA) is 26.3 Å². The Balaban J connectivity index is 2.94. The molecule has 0 aromatic heterocycles. The van der Waals surface area contributed by atoms with Crippen molar-refractivity contribution >= 4 is 17.0 Å². The number of carbonyl (C=O) groups is 1. The van der Waals surface area contributed by atoms with E-state index in [1.807, 2.05) is 6.08 Å². The van der Waals surface area contributed by atoms with E-state index in [0.717, 1.165) is 19.3 Å². The Bertz CT molecular complexity index is 205. The molecule has 0 aliphatic heterocycles. The quantitative estimate of drug-likeness (QED) is 0.240. The second-order valence-electron chi connectivity index (χ2n) is 4.70. The van der Waals surface area contributed by atoms with Gasteiger partial charge in [0.05, 0.1) is 6.61 Å². The average Bonchev–Trinajstić information content (AvgIpc) is 2.34. The number of allylic oxidation sites excluding steroid dienone is 1. The predicted molar refractivity (Wildman–Crippen MR) is 78.2 cm³/mol. The average molecular weight is 275 g/mol. The highest BCUT2D eigenvalue weighted by molar-refractivity contribution is 6.61. The Morgan fingerprint density at radius 3 is 1.78 bits per heavy atom. The third kappa shape index (κ3) is 15.5. The molecular weight excluding hydrogens is 248 g/mol. The molecule has 0 saturated carbocycles. The van der Waals surface area contributed by atoms with Crippen LogP contribution >= 0.6 is 11.6 Å². The summed E-state index contributed by atoms with van der Waals surface area (Å²) in [6.45, 7) is 4.19. The highest BCUT2D eigenvalue weighted by Crippen LogP contribution is 2.11. The van der Waals surface area contributed by atoms with Crippen molar-refractivity contribution in [3.8, 4) is 0 Å². The molecular formula is C15H27ClO2. The van der Waals surface area contributed by atoms with Crippen molar-refractivity contribution in [2.24, 2.45) is 0 Å². The van der Waals surface area contributed by atoms with Crippen molar-refractivity contribution < 1.29 is 9.53 Å². The van der Waals surface area contributed by atoms with E-state index >= 15 is 0 Å². The van der Waals surface area contributed by atoms with Crippen LogP contribution in [0.15, 0.2) is 12.7 Å². The molecule has 0 rings (SSSR count). The maximum Gasteiger partial charge on any atom is 0.403 e. The van der Waals surface area contributed by atoms with Gasteiger partial charge in [-0.1, -0.05) is 57.4 Å². The van der Waals surface area contributed by atoms with Crippen molar-refractivity contribution in [1.29, 1.82) is 0 Å². The van der Waals surface area contributed by atoms with Gasteiger partial charge in [-0.25, -0.2) is 4.79 Å². The van der Waals surface area contributed by atoms with Crippen LogP contribution in [0.3, 0.4) is 0 Å². The van der Waals surface area contributed by atoms with Gasteiger partial charge in [-0.15, -0.1) is 6.58 Å². The molecule has 0 atom stereocenters. The second-order valence-corrected chi connectivity index (χ2v) is 5.01. The molecule has 0 amide bonds. The fourth-order valence-corrected chi connectivity index (χ4v) is 2.03. The van der Waals surface area contributed by atoms with Gasteiger partial charge in [0.1, 0.15) is 0 Å². The first kappa shape index (κ1) is 17.5. The third-order valence-corrected chi connectivity index (χ3v) is 3.13. The molecule has 0 radical (unpaired) electrons. The maximum atomic E-state index is 10.3. The third-order valence-electron chi connectivity index (χ3n) is 3.02. The standard InChI is InChI=1S/C15H27ClO2/c1-2-3-4-5-6-7-8-9-10-11-12-13-14-18-15(16)17/h2H,1,3-14H2. The molecule has 0 saturated heterocycles. The smallest absolute Gasteiger partial charge is 0.403 e. The SMILES string of the molecule is C=CCCCCCCCCCCCCOC(=O)Cl. The molecule has 18 heavy (non-hydrogen) atoms. The van der Waals surface area contributed by atoms with E-state index in [9.17, 15) is 4.79 Å². The first-order chi connectivity index (χ1) is 8.77. The molecule has 0 bridgehead atoms. The van der Waals surface area contributed by atoms with Crippen LogP contribution in [0.25, 0.3) is 0 Å². The van der Waals surface area contributed by atoms with E-state index in [1.165, 1.54) is 51.4 Å². The van der Waals surface area contributed by atoms with E-state index in [-0.39, 0.29) is 0 Å². The largest absolute Gasteiger partial charge is 0.454 e. The summed E-state index contributed by atoms with van der Waals surface area (Å²) in [5.41, 5.74) is -0.688. The van der Waals surface area contributed by atoms with Gasteiger partial charge >= 0.3 is 5.43 Å². The van der Waals surface area contributed by atoms with Crippen LogP contribution in [0.5, 0.6) is 0 Å². The molecule has 0 spiro atoms. The Kier molecular flexibility index (Phi) is 14.2. The molecule has 3 heteroatoms. The van der Waals surface area contributed by atoms with Crippen molar-refractivity contribution in [1.82, 2.24) is 0 Å². The summed E-state index contributed by atoms with van der Waals surface area (Å²) in [5.74, 6) is 0. The number of rotatable bonds is 13. The number of halogens is 1. The van der Waals surface area contributed by atoms with E-state index in [1.54, 1.807) is 0 Å². The van der Waals surface area contributed by atoms with E-state index in [0.29, 0.717) is 6.61 Å². The van der Waals surface area contributed by atoms with Crippen molar-refractivity contribution in [2.75, 3.05) is 6.61 Å². The van der Waals surface area contributed by atoms with Gasteiger partial charge in [0.2, 0.25) is 0 Å². The summed E-state index contributed by atoms with van der Waals surface area (Å²) >= 11 is 5.05. The summed E-state index contributed by atoms with van der Waals surface area (Å²) in [6.07, 6.45) is 15.8. The monoisotopic (exact) mass is 274 g/mol. The summed E-state index contributed by atoms with van der Waals surface area (Å²) in [7, 11) is 0. The van der Waals surface area contributed by atoms with Crippen LogP contribution in [0.1, 0.15) is 70.6 Å². The maximum absolute atomic E-state index is 10.3. The van der Waals surface area contributed by atoms with Gasteiger partial charge in [-0.2, -0.15) is 0 Å². The van der Waals surface area contributed by atoms with Gasteiger partial charge in [-0.3, -0.25) is 0 Å². The van der Waals surface area contributed by atoms with Crippen molar-refractivity contribution in [3.05, 3.63) is 12.7 Å². The minimum absolute atomic E-state index is 0.464. The highest BCUT2D eigenvalue weighted by atomic mass is 35.5. The molecule has 0 aromatic carbocycles. The minimum atomic E-state index is -0.688. The summed E-state index contributed by atoms with van der Waals surface area (Å²) in [6, 6.07) is 0. The summed E-state index contributed by atoms with van der Waals surface area (Å²) in [4.78, 5) is 10.3.